The minimum Gasteiger partial charge on any atom is -0.409 e. The lowest BCUT2D eigenvalue weighted by molar-refractivity contribution is 0.121. The van der Waals surface area contributed by atoms with Crippen molar-refractivity contribution < 1.29 is 15.4 Å². The summed E-state index contributed by atoms with van der Waals surface area (Å²) >= 11 is 0. The number of amidine groups is 1. The minimum atomic E-state index is 0.0344. The van der Waals surface area contributed by atoms with Crippen molar-refractivity contribution in [2.24, 2.45) is 10.9 Å². The maximum Gasteiger partial charge on any atom is 0.140 e. The van der Waals surface area contributed by atoms with Gasteiger partial charge < -0.3 is 21.2 Å². The van der Waals surface area contributed by atoms with Crippen molar-refractivity contribution in [3.8, 4) is 0 Å². The molecule has 0 amide bonds. The van der Waals surface area contributed by atoms with E-state index >= 15 is 0 Å². The number of oxime groups is 1. The van der Waals surface area contributed by atoms with Crippen LogP contribution in [0.5, 0.6) is 0 Å². The lowest BCUT2D eigenvalue weighted by Crippen LogP contribution is -2.41. The molecule has 0 radical (unpaired) electrons. The second-order valence-corrected chi connectivity index (χ2v) is 3.34. The molecule has 6 nitrogen and oxygen atoms in total. The maximum atomic E-state index is 8.86. The Morgan fingerprint density at radius 3 is 2.20 bits per heavy atom. The highest BCUT2D eigenvalue weighted by atomic mass is 16.4. The largest absolute Gasteiger partial charge is 0.409 e. The van der Waals surface area contributed by atoms with Crippen molar-refractivity contribution in [2.45, 2.75) is 25.8 Å². The van der Waals surface area contributed by atoms with Gasteiger partial charge in [0.2, 0.25) is 0 Å². The molecule has 0 aliphatic rings. The number of nitrogens with zero attached hydrogens (tertiary/aromatic N) is 2. The average molecular weight is 219 g/mol. The van der Waals surface area contributed by atoms with Crippen LogP contribution in [0.25, 0.3) is 0 Å². The van der Waals surface area contributed by atoms with Crippen LogP contribution in [0, 0.1) is 0 Å². The third-order valence-electron chi connectivity index (χ3n) is 2.34. The first-order chi connectivity index (χ1) is 7.19. The predicted octanol–water partition coefficient (Wildman–Crippen LogP) is -0.812. The van der Waals surface area contributed by atoms with E-state index in [-0.39, 0.29) is 25.1 Å². The Labute approximate surface area is 90.0 Å². The highest BCUT2D eigenvalue weighted by molar-refractivity contribution is 5.80. The SMILES string of the molecule is CCC(CC(N)=NO)N(CCO)CCO. The van der Waals surface area contributed by atoms with E-state index in [0.29, 0.717) is 19.5 Å². The van der Waals surface area contributed by atoms with Gasteiger partial charge in [-0.25, -0.2) is 0 Å². The molecule has 0 fully saturated rings. The van der Waals surface area contributed by atoms with Gasteiger partial charge >= 0.3 is 0 Å². The second-order valence-electron chi connectivity index (χ2n) is 3.34. The van der Waals surface area contributed by atoms with E-state index in [0.717, 1.165) is 6.42 Å². The molecular weight excluding hydrogens is 198 g/mol. The molecule has 15 heavy (non-hydrogen) atoms. The van der Waals surface area contributed by atoms with Gasteiger partial charge in [0, 0.05) is 25.6 Å². The first-order valence-corrected chi connectivity index (χ1v) is 5.11. The number of aliphatic hydroxyl groups is 2. The molecule has 0 aromatic heterocycles. The fourth-order valence-electron chi connectivity index (χ4n) is 1.55. The van der Waals surface area contributed by atoms with Gasteiger partial charge in [0.1, 0.15) is 5.84 Å². The first kappa shape index (κ1) is 14.2. The van der Waals surface area contributed by atoms with E-state index in [1.165, 1.54) is 0 Å². The summed E-state index contributed by atoms with van der Waals surface area (Å²) in [4.78, 5) is 1.93. The third kappa shape index (κ3) is 5.56. The quantitative estimate of drug-likeness (QED) is 0.185. The van der Waals surface area contributed by atoms with E-state index in [9.17, 15) is 0 Å². The summed E-state index contributed by atoms with van der Waals surface area (Å²) in [5.41, 5.74) is 5.43. The molecular formula is C9H21N3O3. The van der Waals surface area contributed by atoms with Gasteiger partial charge in [0.15, 0.2) is 0 Å². The van der Waals surface area contributed by atoms with E-state index in [1.807, 2.05) is 11.8 Å². The molecule has 1 unspecified atom stereocenters. The van der Waals surface area contributed by atoms with Crippen molar-refractivity contribution in [1.29, 1.82) is 0 Å². The molecule has 0 spiro atoms. The highest BCUT2D eigenvalue weighted by Gasteiger charge is 2.17. The van der Waals surface area contributed by atoms with E-state index in [2.05, 4.69) is 5.16 Å². The minimum absolute atomic E-state index is 0.0344. The summed E-state index contributed by atoms with van der Waals surface area (Å²) < 4.78 is 0. The van der Waals surface area contributed by atoms with Crippen molar-refractivity contribution in [2.75, 3.05) is 26.3 Å². The number of hydrogen-bond donors (Lipinski definition) is 4. The summed E-state index contributed by atoms with van der Waals surface area (Å²) in [5.74, 6) is 0.169. The van der Waals surface area contributed by atoms with Crippen LogP contribution in [0.4, 0.5) is 0 Å². The van der Waals surface area contributed by atoms with Gasteiger partial charge in [0.05, 0.1) is 13.2 Å². The number of rotatable bonds is 8. The Morgan fingerprint density at radius 2 is 1.87 bits per heavy atom. The Hall–Kier alpha value is -0.850. The van der Waals surface area contributed by atoms with Crippen LogP contribution < -0.4 is 5.73 Å². The van der Waals surface area contributed by atoms with Gasteiger partial charge in [-0.2, -0.15) is 0 Å². The molecule has 0 bridgehead atoms. The lowest BCUT2D eigenvalue weighted by atomic mass is 10.1. The molecule has 0 saturated carbocycles. The van der Waals surface area contributed by atoms with Gasteiger partial charge in [-0.15, -0.1) is 0 Å². The molecule has 1 atom stereocenters. The number of nitrogens with two attached hydrogens (primary N) is 1. The average Bonchev–Trinajstić information content (AvgIpc) is 2.25. The fraction of sp³-hybridized carbons (Fsp3) is 0.889. The topological polar surface area (TPSA) is 102 Å². The van der Waals surface area contributed by atoms with E-state index in [1.54, 1.807) is 0 Å². The fourth-order valence-corrected chi connectivity index (χ4v) is 1.55. The standard InChI is InChI=1S/C9H21N3O3/c1-2-8(7-9(10)11-15)12(3-5-13)4-6-14/h8,13-15H,2-7H2,1H3,(H2,10,11). The summed E-state index contributed by atoms with van der Waals surface area (Å²) in [6.07, 6.45) is 1.25. The normalized spacial score (nSPS) is 14.5. The molecule has 5 N–H and O–H groups in total. The monoisotopic (exact) mass is 219 g/mol. The van der Waals surface area contributed by atoms with E-state index in [4.69, 9.17) is 21.2 Å². The molecule has 0 saturated heterocycles. The zero-order valence-electron chi connectivity index (χ0n) is 9.13. The Kier molecular flexibility index (Phi) is 7.98. The van der Waals surface area contributed by atoms with Crippen molar-refractivity contribution in [1.82, 2.24) is 4.90 Å². The van der Waals surface area contributed by atoms with Crippen molar-refractivity contribution in [3.63, 3.8) is 0 Å². The van der Waals surface area contributed by atoms with Crippen LogP contribution in [0.3, 0.4) is 0 Å². The van der Waals surface area contributed by atoms with Crippen LogP contribution in [-0.2, 0) is 0 Å². The van der Waals surface area contributed by atoms with Gasteiger partial charge in [0.25, 0.3) is 0 Å². The van der Waals surface area contributed by atoms with Crippen LogP contribution in [-0.4, -0.2) is 58.5 Å². The lowest BCUT2D eigenvalue weighted by Gasteiger charge is -2.29. The molecule has 6 heteroatoms. The first-order valence-electron chi connectivity index (χ1n) is 5.11. The van der Waals surface area contributed by atoms with Crippen molar-refractivity contribution >= 4 is 5.84 Å². The molecule has 0 aromatic rings. The van der Waals surface area contributed by atoms with Crippen LogP contribution in [0.1, 0.15) is 19.8 Å². The Bertz CT molecular complexity index is 181. The Balaban J connectivity index is 4.29. The molecule has 90 valence electrons. The predicted molar refractivity (Wildman–Crippen MR) is 57.8 cm³/mol. The second kappa shape index (κ2) is 8.46. The molecule has 0 rings (SSSR count). The number of hydrogen-bond acceptors (Lipinski definition) is 5. The number of aliphatic hydroxyl groups excluding tert-OH is 2. The van der Waals surface area contributed by atoms with Gasteiger partial charge in [-0.05, 0) is 6.42 Å². The maximum absolute atomic E-state index is 8.86. The molecule has 0 aliphatic heterocycles. The van der Waals surface area contributed by atoms with Gasteiger partial charge in [-0.1, -0.05) is 12.1 Å². The molecule has 0 aliphatic carbocycles. The zero-order valence-corrected chi connectivity index (χ0v) is 9.13. The summed E-state index contributed by atoms with van der Waals surface area (Å²) in [6.45, 7) is 3.02. The smallest absolute Gasteiger partial charge is 0.140 e. The van der Waals surface area contributed by atoms with E-state index < -0.39 is 0 Å². The Morgan fingerprint density at radius 1 is 1.33 bits per heavy atom. The van der Waals surface area contributed by atoms with Crippen molar-refractivity contribution in [3.05, 3.63) is 0 Å². The molecule has 0 heterocycles. The highest BCUT2D eigenvalue weighted by Crippen LogP contribution is 2.08. The third-order valence-corrected chi connectivity index (χ3v) is 2.34. The summed E-state index contributed by atoms with van der Waals surface area (Å²) in [5, 5.41) is 29.1. The van der Waals surface area contributed by atoms with Crippen LogP contribution >= 0.6 is 0 Å². The van der Waals surface area contributed by atoms with Gasteiger partial charge in [-0.3, -0.25) is 4.90 Å². The van der Waals surface area contributed by atoms with Crippen LogP contribution in [0.2, 0.25) is 0 Å². The van der Waals surface area contributed by atoms with Crippen LogP contribution in [0.15, 0.2) is 5.16 Å². The molecule has 0 aromatic carbocycles. The summed E-state index contributed by atoms with van der Waals surface area (Å²) in [6, 6.07) is 0.0835. The zero-order chi connectivity index (χ0) is 11.7. The summed E-state index contributed by atoms with van der Waals surface area (Å²) in [7, 11) is 0.